The highest BCUT2D eigenvalue weighted by Crippen LogP contribution is 2.15. The molecule has 0 aromatic rings. The normalized spacial score (nSPS) is 25.8. The van der Waals surface area contributed by atoms with Crippen molar-refractivity contribution in [1.29, 1.82) is 0 Å². The fraction of sp³-hybridized carbons (Fsp3) is 0.917. The van der Waals surface area contributed by atoms with Crippen molar-refractivity contribution in [2.75, 3.05) is 19.7 Å². The molecule has 0 spiro atoms. The highest BCUT2D eigenvalue weighted by molar-refractivity contribution is 5.82. The Hall–Kier alpha value is -0.610. The first-order chi connectivity index (χ1) is 7.61. The van der Waals surface area contributed by atoms with Gasteiger partial charge in [0.1, 0.15) is 0 Å². The van der Waals surface area contributed by atoms with Crippen LogP contribution < -0.4 is 10.6 Å². The molecule has 4 heteroatoms. The predicted molar refractivity (Wildman–Crippen MR) is 64.3 cm³/mol. The lowest BCUT2D eigenvalue weighted by Gasteiger charge is -2.28. The molecule has 4 nitrogen and oxygen atoms in total. The van der Waals surface area contributed by atoms with Crippen molar-refractivity contribution in [1.82, 2.24) is 10.6 Å². The molecule has 1 amide bonds. The minimum Gasteiger partial charge on any atom is -0.377 e. The average Bonchev–Trinajstić information content (AvgIpc) is 2.24. The number of carbonyl (C=O) groups excluding carboxylic acids is 1. The van der Waals surface area contributed by atoms with E-state index in [1.807, 2.05) is 13.8 Å². The molecule has 1 rings (SSSR count). The number of hydrogen-bond donors (Lipinski definition) is 2. The Bertz CT molecular complexity index is 219. The van der Waals surface area contributed by atoms with E-state index < -0.39 is 0 Å². The van der Waals surface area contributed by atoms with Gasteiger partial charge in [-0.15, -0.1) is 0 Å². The molecule has 0 aliphatic carbocycles. The van der Waals surface area contributed by atoms with E-state index in [-0.39, 0.29) is 18.1 Å². The van der Waals surface area contributed by atoms with Crippen LogP contribution in [0.1, 0.15) is 33.6 Å². The number of hydrogen-bond acceptors (Lipinski definition) is 3. The molecule has 94 valence electrons. The molecule has 0 bridgehead atoms. The number of rotatable bonds is 5. The van der Waals surface area contributed by atoms with Gasteiger partial charge in [-0.05, 0) is 39.2 Å². The van der Waals surface area contributed by atoms with E-state index in [0.717, 1.165) is 13.0 Å². The largest absolute Gasteiger partial charge is 0.377 e. The molecule has 0 aromatic carbocycles. The predicted octanol–water partition coefficient (Wildman–Crippen LogP) is 0.916. The Labute approximate surface area is 98.1 Å². The maximum atomic E-state index is 11.8. The van der Waals surface area contributed by atoms with Crippen LogP contribution >= 0.6 is 0 Å². The van der Waals surface area contributed by atoms with E-state index in [9.17, 15) is 4.79 Å². The summed E-state index contributed by atoms with van der Waals surface area (Å²) in [5.41, 5.74) is 0. The van der Waals surface area contributed by atoms with Crippen LogP contribution in [0.15, 0.2) is 0 Å². The fourth-order valence-electron chi connectivity index (χ4n) is 1.98. The molecule has 16 heavy (non-hydrogen) atoms. The van der Waals surface area contributed by atoms with Crippen molar-refractivity contribution in [3.05, 3.63) is 0 Å². The minimum atomic E-state index is -0.0206. The van der Waals surface area contributed by atoms with Crippen LogP contribution in [0.3, 0.4) is 0 Å². The van der Waals surface area contributed by atoms with Gasteiger partial charge in [0.05, 0.1) is 18.8 Å². The van der Waals surface area contributed by atoms with E-state index in [0.29, 0.717) is 19.1 Å². The van der Waals surface area contributed by atoms with Crippen LogP contribution in [0.25, 0.3) is 0 Å². The van der Waals surface area contributed by atoms with E-state index in [1.54, 1.807) is 0 Å². The van der Waals surface area contributed by atoms with Crippen molar-refractivity contribution in [2.45, 2.75) is 45.8 Å². The maximum Gasteiger partial charge on any atom is 0.237 e. The lowest BCUT2D eigenvalue weighted by molar-refractivity contribution is -0.125. The Morgan fingerprint density at radius 1 is 1.56 bits per heavy atom. The van der Waals surface area contributed by atoms with Gasteiger partial charge in [-0.1, -0.05) is 6.92 Å². The highest BCUT2D eigenvalue weighted by Gasteiger charge is 2.26. The minimum absolute atomic E-state index is 0.0206. The lowest BCUT2D eigenvalue weighted by Crippen LogP contribution is -2.51. The van der Waals surface area contributed by atoms with Gasteiger partial charge in [-0.25, -0.2) is 0 Å². The first-order valence-electron chi connectivity index (χ1n) is 6.24. The summed E-state index contributed by atoms with van der Waals surface area (Å²) in [6, 6.07) is -0.0206. The average molecular weight is 228 g/mol. The SMILES string of the molecule is CC(C)OCCNC(=O)C1NCCCC1C. The van der Waals surface area contributed by atoms with Gasteiger partial charge in [-0.2, -0.15) is 0 Å². The number of ether oxygens (including phenoxy) is 1. The van der Waals surface area contributed by atoms with Crippen molar-refractivity contribution < 1.29 is 9.53 Å². The van der Waals surface area contributed by atoms with Crippen molar-refractivity contribution in [2.24, 2.45) is 5.92 Å². The maximum absolute atomic E-state index is 11.8. The van der Waals surface area contributed by atoms with E-state index in [1.165, 1.54) is 6.42 Å². The summed E-state index contributed by atoms with van der Waals surface area (Å²) in [5, 5.41) is 6.18. The van der Waals surface area contributed by atoms with E-state index in [4.69, 9.17) is 4.74 Å². The van der Waals surface area contributed by atoms with Gasteiger partial charge >= 0.3 is 0 Å². The van der Waals surface area contributed by atoms with Crippen LogP contribution in [0.2, 0.25) is 0 Å². The Morgan fingerprint density at radius 2 is 2.31 bits per heavy atom. The number of carbonyl (C=O) groups is 1. The van der Waals surface area contributed by atoms with E-state index in [2.05, 4.69) is 17.6 Å². The second kappa shape index (κ2) is 6.86. The monoisotopic (exact) mass is 228 g/mol. The van der Waals surface area contributed by atoms with Gasteiger partial charge in [0.25, 0.3) is 0 Å². The van der Waals surface area contributed by atoms with Gasteiger partial charge in [0.15, 0.2) is 0 Å². The quantitative estimate of drug-likeness (QED) is 0.688. The molecule has 2 N–H and O–H groups in total. The molecular formula is C12H24N2O2. The number of piperidine rings is 1. The molecule has 1 aliphatic heterocycles. The lowest BCUT2D eigenvalue weighted by atomic mass is 9.92. The van der Waals surface area contributed by atoms with Crippen LogP contribution in [0.4, 0.5) is 0 Å². The Balaban J connectivity index is 2.18. The first kappa shape index (κ1) is 13.5. The van der Waals surface area contributed by atoms with Gasteiger partial charge in [0, 0.05) is 6.54 Å². The zero-order chi connectivity index (χ0) is 12.0. The van der Waals surface area contributed by atoms with Crippen molar-refractivity contribution >= 4 is 5.91 Å². The number of amides is 1. The molecule has 0 radical (unpaired) electrons. The summed E-state index contributed by atoms with van der Waals surface area (Å²) in [7, 11) is 0. The molecule has 1 aliphatic rings. The molecule has 1 fully saturated rings. The van der Waals surface area contributed by atoms with Crippen LogP contribution in [0, 0.1) is 5.92 Å². The Kier molecular flexibility index (Phi) is 5.77. The zero-order valence-corrected chi connectivity index (χ0v) is 10.6. The summed E-state index contributed by atoms with van der Waals surface area (Å²) in [6.45, 7) is 8.25. The molecule has 0 saturated carbocycles. The van der Waals surface area contributed by atoms with E-state index >= 15 is 0 Å². The summed E-state index contributed by atoms with van der Waals surface area (Å²) in [5.74, 6) is 0.541. The molecule has 0 aromatic heterocycles. The van der Waals surface area contributed by atoms with Gasteiger partial charge in [0.2, 0.25) is 5.91 Å². The second-order valence-electron chi connectivity index (χ2n) is 4.76. The van der Waals surface area contributed by atoms with Crippen LogP contribution in [0.5, 0.6) is 0 Å². The molecule has 2 atom stereocenters. The Morgan fingerprint density at radius 3 is 2.94 bits per heavy atom. The van der Waals surface area contributed by atoms with Crippen LogP contribution in [-0.4, -0.2) is 37.7 Å². The summed E-state index contributed by atoms with van der Waals surface area (Å²) < 4.78 is 5.37. The second-order valence-corrected chi connectivity index (χ2v) is 4.76. The highest BCUT2D eigenvalue weighted by atomic mass is 16.5. The molecule has 2 unspecified atom stereocenters. The van der Waals surface area contributed by atoms with Crippen molar-refractivity contribution in [3.8, 4) is 0 Å². The smallest absolute Gasteiger partial charge is 0.237 e. The third kappa shape index (κ3) is 4.49. The molecule has 1 saturated heterocycles. The standard InChI is InChI=1S/C12H24N2O2/c1-9(2)16-8-7-14-12(15)11-10(3)5-4-6-13-11/h9-11,13H,4-8H2,1-3H3,(H,14,15). The zero-order valence-electron chi connectivity index (χ0n) is 10.6. The summed E-state index contributed by atoms with van der Waals surface area (Å²) >= 11 is 0. The number of nitrogens with one attached hydrogen (secondary N) is 2. The third-order valence-corrected chi connectivity index (χ3v) is 2.90. The third-order valence-electron chi connectivity index (χ3n) is 2.90. The molecule has 1 heterocycles. The topological polar surface area (TPSA) is 50.4 Å². The first-order valence-corrected chi connectivity index (χ1v) is 6.24. The fourth-order valence-corrected chi connectivity index (χ4v) is 1.98. The van der Waals surface area contributed by atoms with Crippen molar-refractivity contribution in [3.63, 3.8) is 0 Å². The van der Waals surface area contributed by atoms with Gasteiger partial charge < -0.3 is 15.4 Å². The van der Waals surface area contributed by atoms with Crippen LogP contribution in [-0.2, 0) is 9.53 Å². The summed E-state index contributed by atoms with van der Waals surface area (Å²) in [4.78, 5) is 11.8. The van der Waals surface area contributed by atoms with Gasteiger partial charge in [-0.3, -0.25) is 4.79 Å². The summed E-state index contributed by atoms with van der Waals surface area (Å²) in [6.07, 6.45) is 2.53. The molecular weight excluding hydrogens is 204 g/mol.